The van der Waals surface area contributed by atoms with Crippen LogP contribution in [0.1, 0.15) is 65.2 Å². The van der Waals surface area contributed by atoms with Crippen molar-refractivity contribution in [3.05, 3.63) is 34.7 Å². The maximum atomic E-state index is 6.51. The SMILES string of the molecule is C=C(/N=C(C(/C=NC)=C(/C)CC1CC1)\C(Cl)=C/C)NC1CCCCC1. The summed E-state index contributed by atoms with van der Waals surface area (Å²) in [5, 5.41) is 4.13. The molecular formula is C21H32ClN3. The number of rotatable bonds is 8. The van der Waals surface area contributed by atoms with Crippen molar-refractivity contribution in [2.24, 2.45) is 15.9 Å². The minimum Gasteiger partial charge on any atom is -0.368 e. The van der Waals surface area contributed by atoms with Crippen molar-refractivity contribution in [3.63, 3.8) is 0 Å². The Morgan fingerprint density at radius 2 is 1.88 bits per heavy atom. The molecule has 2 aliphatic rings. The van der Waals surface area contributed by atoms with Crippen LogP contribution >= 0.6 is 11.6 Å². The van der Waals surface area contributed by atoms with Crippen LogP contribution in [-0.4, -0.2) is 25.0 Å². The molecule has 0 bridgehead atoms. The van der Waals surface area contributed by atoms with Crippen molar-refractivity contribution in [3.8, 4) is 0 Å². The summed E-state index contributed by atoms with van der Waals surface area (Å²) in [7, 11) is 1.79. The first-order chi connectivity index (χ1) is 12.0. The quantitative estimate of drug-likeness (QED) is 0.546. The van der Waals surface area contributed by atoms with E-state index in [9.17, 15) is 0 Å². The molecule has 3 nitrogen and oxygen atoms in total. The Balaban J connectivity index is 2.23. The molecule has 0 atom stereocenters. The maximum absolute atomic E-state index is 6.51. The fraction of sp³-hybridized carbons (Fsp3) is 0.619. The Hall–Kier alpha value is -1.35. The van der Waals surface area contributed by atoms with Gasteiger partial charge in [-0.1, -0.05) is 49.1 Å². The van der Waals surface area contributed by atoms with Gasteiger partial charge in [0.25, 0.3) is 0 Å². The van der Waals surface area contributed by atoms with Crippen LogP contribution < -0.4 is 5.32 Å². The Morgan fingerprint density at radius 3 is 2.44 bits per heavy atom. The van der Waals surface area contributed by atoms with E-state index in [0.29, 0.717) is 16.9 Å². The molecule has 0 amide bonds. The standard InChI is InChI=1S/C21H32ClN3/c1-5-20(22)21(19(14-23-4)15(2)13-17-11-12-17)25-16(3)24-18-9-7-6-8-10-18/h5,14,17-18,24H,3,6-13H2,1-2,4H3/b19-15-,20-5+,23-14?,25-21-. The van der Waals surface area contributed by atoms with E-state index < -0.39 is 0 Å². The zero-order valence-electron chi connectivity index (χ0n) is 15.9. The van der Waals surface area contributed by atoms with Crippen LogP contribution in [0.3, 0.4) is 0 Å². The Bertz CT molecular complexity index is 588. The second kappa shape index (κ2) is 9.96. The largest absolute Gasteiger partial charge is 0.368 e. The predicted molar refractivity (Wildman–Crippen MR) is 111 cm³/mol. The molecule has 0 aromatic carbocycles. The van der Waals surface area contributed by atoms with Crippen LogP contribution in [0.25, 0.3) is 0 Å². The molecule has 25 heavy (non-hydrogen) atoms. The fourth-order valence-electron chi connectivity index (χ4n) is 3.40. The lowest BCUT2D eigenvalue weighted by Crippen LogP contribution is -2.30. The highest BCUT2D eigenvalue weighted by atomic mass is 35.5. The van der Waals surface area contributed by atoms with Crippen LogP contribution in [0.5, 0.6) is 0 Å². The number of aliphatic imine (C=N–C) groups is 2. The Labute approximate surface area is 158 Å². The van der Waals surface area contributed by atoms with Gasteiger partial charge in [-0.15, -0.1) is 0 Å². The molecule has 2 aliphatic carbocycles. The Morgan fingerprint density at radius 1 is 1.20 bits per heavy atom. The first-order valence-electron chi connectivity index (χ1n) is 9.53. The minimum absolute atomic E-state index is 0.482. The van der Waals surface area contributed by atoms with Gasteiger partial charge in [-0.25, -0.2) is 4.99 Å². The summed E-state index contributed by atoms with van der Waals surface area (Å²) < 4.78 is 0. The van der Waals surface area contributed by atoms with E-state index in [2.05, 4.69) is 23.8 Å². The summed E-state index contributed by atoms with van der Waals surface area (Å²) in [6.45, 7) is 8.23. The average molecular weight is 362 g/mol. The summed E-state index contributed by atoms with van der Waals surface area (Å²) in [6.07, 6.45) is 13.8. The number of allylic oxidation sites excluding steroid dienone is 4. The zero-order valence-corrected chi connectivity index (χ0v) is 16.7. The summed E-state index contributed by atoms with van der Waals surface area (Å²) in [5.41, 5.74) is 3.11. The summed E-state index contributed by atoms with van der Waals surface area (Å²) >= 11 is 6.51. The van der Waals surface area contributed by atoms with Gasteiger partial charge in [-0.2, -0.15) is 0 Å². The van der Waals surface area contributed by atoms with Crippen LogP contribution in [-0.2, 0) is 0 Å². The lowest BCUT2D eigenvalue weighted by molar-refractivity contribution is 0.396. The van der Waals surface area contributed by atoms with Gasteiger partial charge in [0.15, 0.2) is 0 Å². The third-order valence-electron chi connectivity index (χ3n) is 4.97. The first-order valence-corrected chi connectivity index (χ1v) is 9.91. The number of hydrogen-bond donors (Lipinski definition) is 1. The third kappa shape index (κ3) is 6.47. The van der Waals surface area contributed by atoms with Gasteiger partial charge in [0.05, 0.1) is 10.7 Å². The number of nitrogens with one attached hydrogen (secondary N) is 1. The molecule has 0 aromatic rings. The molecular weight excluding hydrogens is 330 g/mol. The highest BCUT2D eigenvalue weighted by Crippen LogP contribution is 2.36. The molecule has 4 heteroatoms. The second-order valence-electron chi connectivity index (χ2n) is 7.25. The van der Waals surface area contributed by atoms with Crippen molar-refractivity contribution in [1.29, 1.82) is 0 Å². The molecule has 138 valence electrons. The smallest absolute Gasteiger partial charge is 0.119 e. The van der Waals surface area contributed by atoms with Crippen LogP contribution in [0.4, 0.5) is 0 Å². The molecule has 0 heterocycles. The summed E-state index contributed by atoms with van der Waals surface area (Å²) in [6, 6.07) is 0.482. The number of hydrogen-bond acceptors (Lipinski definition) is 3. The molecule has 2 fully saturated rings. The first kappa shape index (κ1) is 20.0. The van der Waals surface area contributed by atoms with E-state index >= 15 is 0 Å². The molecule has 0 aliphatic heterocycles. The van der Waals surface area contributed by atoms with E-state index in [1.165, 1.54) is 50.5 Å². The Kier molecular flexibility index (Phi) is 7.95. The summed E-state index contributed by atoms with van der Waals surface area (Å²) in [5.74, 6) is 1.51. The molecule has 0 radical (unpaired) electrons. The molecule has 1 N–H and O–H groups in total. The topological polar surface area (TPSA) is 36.8 Å². The van der Waals surface area contributed by atoms with Gasteiger partial charge in [0, 0.05) is 24.9 Å². The van der Waals surface area contributed by atoms with Crippen molar-refractivity contribution >= 4 is 23.5 Å². The van der Waals surface area contributed by atoms with E-state index in [4.69, 9.17) is 16.6 Å². The summed E-state index contributed by atoms with van der Waals surface area (Å²) in [4.78, 5) is 9.02. The third-order valence-corrected chi connectivity index (χ3v) is 5.36. The molecule has 2 saturated carbocycles. The van der Waals surface area contributed by atoms with Gasteiger partial charge in [-0.05, 0) is 51.9 Å². The van der Waals surface area contributed by atoms with Crippen LogP contribution in [0.2, 0.25) is 0 Å². The molecule has 0 saturated heterocycles. The monoisotopic (exact) mass is 361 g/mol. The van der Waals surface area contributed by atoms with Gasteiger partial charge in [0.1, 0.15) is 5.82 Å². The van der Waals surface area contributed by atoms with E-state index in [1.807, 2.05) is 19.2 Å². The van der Waals surface area contributed by atoms with Crippen molar-refractivity contribution in [2.45, 2.75) is 71.3 Å². The molecule has 0 aromatic heterocycles. The fourth-order valence-corrected chi connectivity index (χ4v) is 3.54. The lowest BCUT2D eigenvalue weighted by Gasteiger charge is -2.24. The molecule has 0 unspecified atom stereocenters. The van der Waals surface area contributed by atoms with Crippen LogP contribution in [0.15, 0.2) is 44.6 Å². The van der Waals surface area contributed by atoms with Gasteiger partial charge in [0.2, 0.25) is 0 Å². The number of halogens is 1. The lowest BCUT2D eigenvalue weighted by atomic mass is 9.95. The van der Waals surface area contributed by atoms with E-state index in [0.717, 1.165) is 23.6 Å². The van der Waals surface area contributed by atoms with E-state index in [1.54, 1.807) is 7.05 Å². The van der Waals surface area contributed by atoms with Gasteiger partial charge >= 0.3 is 0 Å². The van der Waals surface area contributed by atoms with Gasteiger partial charge in [-0.3, -0.25) is 4.99 Å². The van der Waals surface area contributed by atoms with Crippen molar-refractivity contribution in [2.75, 3.05) is 7.05 Å². The van der Waals surface area contributed by atoms with Crippen molar-refractivity contribution < 1.29 is 0 Å². The highest BCUT2D eigenvalue weighted by molar-refractivity contribution is 6.48. The van der Waals surface area contributed by atoms with E-state index in [-0.39, 0.29) is 0 Å². The highest BCUT2D eigenvalue weighted by Gasteiger charge is 2.23. The second-order valence-corrected chi connectivity index (χ2v) is 7.66. The van der Waals surface area contributed by atoms with Crippen LogP contribution in [0, 0.1) is 5.92 Å². The maximum Gasteiger partial charge on any atom is 0.119 e. The van der Waals surface area contributed by atoms with Gasteiger partial charge < -0.3 is 5.32 Å². The minimum atomic E-state index is 0.482. The molecule has 0 spiro atoms. The number of nitrogens with zero attached hydrogens (tertiary/aromatic N) is 2. The predicted octanol–water partition coefficient (Wildman–Crippen LogP) is 5.78. The van der Waals surface area contributed by atoms with Crippen molar-refractivity contribution in [1.82, 2.24) is 5.32 Å². The normalized spacial score (nSPS) is 21.4. The average Bonchev–Trinajstić information content (AvgIpc) is 3.42. The molecule has 2 rings (SSSR count). The zero-order chi connectivity index (χ0) is 18.2.